The summed E-state index contributed by atoms with van der Waals surface area (Å²) in [4.78, 5) is 11.5. The van der Waals surface area contributed by atoms with Gasteiger partial charge in [0.2, 0.25) is 0 Å². The molecule has 0 bridgehead atoms. The Labute approximate surface area is 127 Å². The number of halogens is 1. The van der Waals surface area contributed by atoms with E-state index in [0.717, 1.165) is 17.9 Å². The molecule has 100 valence electrons. The second-order valence-corrected chi connectivity index (χ2v) is 6.36. The van der Waals surface area contributed by atoms with E-state index in [4.69, 9.17) is 0 Å². The van der Waals surface area contributed by atoms with Crippen molar-refractivity contribution in [2.75, 3.05) is 11.4 Å². The quantitative estimate of drug-likeness (QED) is 0.752. The SMILES string of the molecule is CCC1CCCCN1c1ncnc2ccc(I)cc12. The van der Waals surface area contributed by atoms with Gasteiger partial charge in [-0.2, -0.15) is 0 Å². The Bertz CT molecular complexity index is 585. The van der Waals surface area contributed by atoms with Gasteiger partial charge in [-0.15, -0.1) is 0 Å². The minimum atomic E-state index is 0.629. The number of rotatable bonds is 2. The topological polar surface area (TPSA) is 29.0 Å². The van der Waals surface area contributed by atoms with Crippen molar-refractivity contribution in [3.05, 3.63) is 28.1 Å². The van der Waals surface area contributed by atoms with Gasteiger partial charge in [0.05, 0.1) is 5.52 Å². The van der Waals surface area contributed by atoms with Crippen molar-refractivity contribution < 1.29 is 0 Å². The van der Waals surface area contributed by atoms with Crippen LogP contribution in [0.2, 0.25) is 0 Å². The Morgan fingerprint density at radius 2 is 2.21 bits per heavy atom. The molecular weight excluding hydrogens is 349 g/mol. The molecule has 19 heavy (non-hydrogen) atoms. The normalized spacial score (nSPS) is 19.9. The summed E-state index contributed by atoms with van der Waals surface area (Å²) in [7, 11) is 0. The number of fused-ring (bicyclic) bond motifs is 1. The van der Waals surface area contributed by atoms with Crippen LogP contribution in [0.25, 0.3) is 10.9 Å². The van der Waals surface area contributed by atoms with Crippen molar-refractivity contribution in [1.82, 2.24) is 9.97 Å². The van der Waals surface area contributed by atoms with Crippen LogP contribution >= 0.6 is 22.6 Å². The third kappa shape index (κ3) is 2.55. The van der Waals surface area contributed by atoms with Crippen LogP contribution in [0.1, 0.15) is 32.6 Å². The number of nitrogens with zero attached hydrogens (tertiary/aromatic N) is 3. The van der Waals surface area contributed by atoms with Crippen molar-refractivity contribution >= 4 is 39.3 Å². The van der Waals surface area contributed by atoms with E-state index in [2.05, 4.69) is 62.6 Å². The maximum atomic E-state index is 4.58. The zero-order chi connectivity index (χ0) is 13.2. The van der Waals surface area contributed by atoms with E-state index < -0.39 is 0 Å². The number of anilines is 1. The molecule has 0 aliphatic carbocycles. The zero-order valence-electron chi connectivity index (χ0n) is 11.1. The fourth-order valence-electron chi connectivity index (χ4n) is 2.95. The van der Waals surface area contributed by atoms with Crippen molar-refractivity contribution in [2.24, 2.45) is 0 Å². The van der Waals surface area contributed by atoms with E-state index in [-0.39, 0.29) is 0 Å². The second kappa shape index (κ2) is 5.61. The van der Waals surface area contributed by atoms with Crippen LogP contribution in [-0.2, 0) is 0 Å². The summed E-state index contributed by atoms with van der Waals surface area (Å²) < 4.78 is 1.24. The van der Waals surface area contributed by atoms with E-state index in [1.54, 1.807) is 6.33 Å². The van der Waals surface area contributed by atoms with Crippen LogP contribution in [-0.4, -0.2) is 22.6 Å². The first kappa shape index (κ1) is 13.1. The Morgan fingerprint density at radius 3 is 3.05 bits per heavy atom. The minimum Gasteiger partial charge on any atom is -0.353 e. The minimum absolute atomic E-state index is 0.629. The lowest BCUT2D eigenvalue weighted by molar-refractivity contribution is 0.448. The summed E-state index contributed by atoms with van der Waals surface area (Å²) in [5.41, 5.74) is 1.05. The van der Waals surface area contributed by atoms with Gasteiger partial charge in [0.25, 0.3) is 0 Å². The van der Waals surface area contributed by atoms with E-state index in [9.17, 15) is 0 Å². The first-order chi connectivity index (χ1) is 9.29. The molecule has 0 spiro atoms. The van der Waals surface area contributed by atoms with Gasteiger partial charge in [-0.25, -0.2) is 9.97 Å². The standard InChI is InChI=1S/C15H18IN3/c1-2-12-5-3-4-8-19(12)15-13-9-11(16)6-7-14(13)17-10-18-15/h6-7,9-10,12H,2-5,8H2,1H3. The van der Waals surface area contributed by atoms with E-state index in [1.165, 1.54) is 34.6 Å². The van der Waals surface area contributed by atoms with Gasteiger partial charge in [-0.05, 0) is 66.5 Å². The van der Waals surface area contributed by atoms with Gasteiger partial charge in [-0.1, -0.05) is 6.92 Å². The van der Waals surface area contributed by atoms with Crippen molar-refractivity contribution in [3.8, 4) is 0 Å². The van der Waals surface area contributed by atoms with Crippen molar-refractivity contribution in [2.45, 2.75) is 38.6 Å². The van der Waals surface area contributed by atoms with E-state index in [1.807, 2.05) is 0 Å². The van der Waals surface area contributed by atoms with Gasteiger partial charge in [-0.3, -0.25) is 0 Å². The Balaban J connectivity index is 2.10. The number of hydrogen-bond donors (Lipinski definition) is 0. The van der Waals surface area contributed by atoms with Crippen LogP contribution in [0.3, 0.4) is 0 Å². The fourth-order valence-corrected chi connectivity index (χ4v) is 3.44. The monoisotopic (exact) mass is 367 g/mol. The molecule has 1 aliphatic rings. The summed E-state index contributed by atoms with van der Waals surface area (Å²) in [6, 6.07) is 7.03. The highest BCUT2D eigenvalue weighted by molar-refractivity contribution is 14.1. The lowest BCUT2D eigenvalue weighted by atomic mass is 9.99. The summed E-state index contributed by atoms with van der Waals surface area (Å²) in [5, 5.41) is 1.19. The molecule has 4 heteroatoms. The average Bonchev–Trinajstić information content (AvgIpc) is 2.46. The number of benzene rings is 1. The first-order valence-corrected chi connectivity index (χ1v) is 8.04. The molecule has 1 saturated heterocycles. The molecule has 3 nitrogen and oxygen atoms in total. The Kier molecular flexibility index (Phi) is 3.86. The summed E-state index contributed by atoms with van der Waals surface area (Å²) in [6.45, 7) is 3.40. The van der Waals surface area contributed by atoms with Crippen LogP contribution in [0.5, 0.6) is 0 Å². The fraction of sp³-hybridized carbons (Fsp3) is 0.467. The second-order valence-electron chi connectivity index (χ2n) is 5.11. The molecule has 0 amide bonds. The molecule has 0 radical (unpaired) electrons. The molecule has 1 fully saturated rings. The molecule has 1 aromatic carbocycles. The molecule has 2 aromatic rings. The molecule has 0 N–H and O–H groups in total. The molecule has 1 atom stereocenters. The predicted molar refractivity (Wildman–Crippen MR) is 87.5 cm³/mol. The molecule has 1 aromatic heterocycles. The lowest BCUT2D eigenvalue weighted by Gasteiger charge is -2.36. The molecule has 1 aliphatic heterocycles. The van der Waals surface area contributed by atoms with Crippen LogP contribution in [0, 0.1) is 3.57 Å². The van der Waals surface area contributed by atoms with E-state index in [0.29, 0.717) is 6.04 Å². The van der Waals surface area contributed by atoms with Crippen LogP contribution in [0.4, 0.5) is 5.82 Å². The van der Waals surface area contributed by atoms with E-state index >= 15 is 0 Å². The Morgan fingerprint density at radius 1 is 1.32 bits per heavy atom. The number of aromatic nitrogens is 2. The van der Waals surface area contributed by atoms with Gasteiger partial charge < -0.3 is 4.90 Å². The molecular formula is C15H18IN3. The largest absolute Gasteiger partial charge is 0.353 e. The third-order valence-electron chi connectivity index (χ3n) is 3.95. The number of piperidine rings is 1. The summed E-state index contributed by atoms with van der Waals surface area (Å²) in [6.07, 6.45) is 6.79. The predicted octanol–water partition coefficient (Wildman–Crippen LogP) is 4.00. The molecule has 3 rings (SSSR count). The van der Waals surface area contributed by atoms with Crippen LogP contribution in [0.15, 0.2) is 24.5 Å². The highest BCUT2D eigenvalue weighted by Crippen LogP contribution is 2.30. The maximum absolute atomic E-state index is 4.58. The first-order valence-electron chi connectivity index (χ1n) is 6.96. The molecule has 0 saturated carbocycles. The Hall–Kier alpha value is -0.910. The molecule has 1 unspecified atom stereocenters. The maximum Gasteiger partial charge on any atom is 0.140 e. The van der Waals surface area contributed by atoms with Gasteiger partial charge in [0.15, 0.2) is 0 Å². The van der Waals surface area contributed by atoms with Gasteiger partial charge >= 0.3 is 0 Å². The van der Waals surface area contributed by atoms with Crippen molar-refractivity contribution in [3.63, 3.8) is 0 Å². The van der Waals surface area contributed by atoms with Gasteiger partial charge in [0.1, 0.15) is 12.1 Å². The van der Waals surface area contributed by atoms with Gasteiger partial charge in [0, 0.05) is 21.5 Å². The summed E-state index contributed by atoms with van der Waals surface area (Å²) >= 11 is 2.36. The third-order valence-corrected chi connectivity index (χ3v) is 4.62. The lowest BCUT2D eigenvalue weighted by Crippen LogP contribution is -2.39. The summed E-state index contributed by atoms with van der Waals surface area (Å²) in [5.74, 6) is 1.12. The highest BCUT2D eigenvalue weighted by atomic mass is 127. The zero-order valence-corrected chi connectivity index (χ0v) is 13.3. The van der Waals surface area contributed by atoms with Crippen LogP contribution < -0.4 is 4.90 Å². The average molecular weight is 367 g/mol. The number of hydrogen-bond acceptors (Lipinski definition) is 3. The van der Waals surface area contributed by atoms with Crippen molar-refractivity contribution in [1.29, 1.82) is 0 Å². The highest BCUT2D eigenvalue weighted by Gasteiger charge is 2.23. The molecule has 2 heterocycles. The smallest absolute Gasteiger partial charge is 0.140 e.